The minimum absolute atomic E-state index is 0.212. The van der Waals surface area contributed by atoms with Gasteiger partial charge in [0.1, 0.15) is 5.69 Å². The van der Waals surface area contributed by atoms with Crippen molar-refractivity contribution in [1.82, 2.24) is 20.4 Å². The minimum atomic E-state index is -0.233. The number of rotatable bonds is 4. The van der Waals surface area contributed by atoms with E-state index in [4.69, 9.17) is 23.2 Å². The molecule has 1 aliphatic heterocycles. The highest BCUT2D eigenvalue weighted by atomic mass is 35.5. The first-order valence-electron chi connectivity index (χ1n) is 8.06. The Balaban J connectivity index is 1.67. The van der Waals surface area contributed by atoms with Gasteiger partial charge in [0.25, 0.3) is 5.91 Å². The van der Waals surface area contributed by atoms with Crippen molar-refractivity contribution in [2.24, 2.45) is 0 Å². The molecule has 2 heterocycles. The van der Waals surface area contributed by atoms with Crippen LogP contribution >= 0.6 is 23.2 Å². The number of hydrogen-bond acceptors (Lipinski definition) is 3. The van der Waals surface area contributed by atoms with E-state index in [0.29, 0.717) is 21.8 Å². The summed E-state index contributed by atoms with van der Waals surface area (Å²) < 4.78 is 1.88. The van der Waals surface area contributed by atoms with Crippen LogP contribution in [-0.4, -0.2) is 28.8 Å². The molecule has 1 aromatic heterocycles. The Hall–Kier alpha value is -1.56. The Morgan fingerprint density at radius 1 is 1.42 bits per heavy atom. The molecule has 2 atom stereocenters. The van der Waals surface area contributed by atoms with E-state index in [0.717, 1.165) is 31.5 Å². The first-order chi connectivity index (χ1) is 11.5. The fraction of sp³-hybridized carbons (Fsp3) is 0.412. The molecule has 0 radical (unpaired) electrons. The molecule has 1 saturated heterocycles. The highest BCUT2D eigenvalue weighted by molar-refractivity contribution is 6.35. The van der Waals surface area contributed by atoms with Crippen LogP contribution < -0.4 is 10.6 Å². The van der Waals surface area contributed by atoms with Crippen LogP contribution in [0.25, 0.3) is 0 Å². The minimum Gasteiger partial charge on any atom is -0.344 e. The van der Waals surface area contributed by atoms with Gasteiger partial charge in [0, 0.05) is 22.8 Å². The van der Waals surface area contributed by atoms with E-state index < -0.39 is 0 Å². The number of amides is 1. The lowest BCUT2D eigenvalue weighted by molar-refractivity contribution is 0.0933. The summed E-state index contributed by atoms with van der Waals surface area (Å²) in [5.74, 6) is -0.212. The molecule has 2 N–H and O–H groups in total. The summed E-state index contributed by atoms with van der Waals surface area (Å²) in [6.07, 6.45) is 4.07. The fourth-order valence-corrected chi connectivity index (χ4v) is 3.49. The Morgan fingerprint density at radius 3 is 2.96 bits per heavy atom. The molecule has 24 heavy (non-hydrogen) atoms. The van der Waals surface area contributed by atoms with Crippen molar-refractivity contribution in [3.05, 3.63) is 51.8 Å². The lowest BCUT2D eigenvalue weighted by Gasteiger charge is -2.22. The molecule has 1 fully saturated rings. The molecule has 0 bridgehead atoms. The predicted octanol–water partition coefficient (Wildman–Crippen LogP) is 3.61. The van der Waals surface area contributed by atoms with E-state index in [1.165, 1.54) is 0 Å². The van der Waals surface area contributed by atoms with Gasteiger partial charge in [0.15, 0.2) is 0 Å². The molecule has 0 saturated carbocycles. The van der Waals surface area contributed by atoms with E-state index in [2.05, 4.69) is 15.7 Å². The zero-order chi connectivity index (χ0) is 17.1. The molecule has 3 rings (SSSR count). The van der Waals surface area contributed by atoms with Gasteiger partial charge in [-0.05, 0) is 50.1 Å². The first-order valence-corrected chi connectivity index (χ1v) is 8.82. The smallest absolute Gasteiger partial charge is 0.272 e. The molecule has 5 nitrogen and oxygen atoms in total. The highest BCUT2D eigenvalue weighted by Gasteiger charge is 2.19. The predicted molar refractivity (Wildman–Crippen MR) is 95.7 cm³/mol. The van der Waals surface area contributed by atoms with Crippen LogP contribution in [0, 0.1) is 0 Å². The van der Waals surface area contributed by atoms with Gasteiger partial charge in [-0.15, -0.1) is 0 Å². The molecule has 7 heteroatoms. The lowest BCUT2D eigenvalue weighted by atomic mass is 10.1. The molecule has 0 spiro atoms. The number of nitrogens with one attached hydrogen (secondary N) is 2. The maximum atomic E-state index is 12.4. The van der Waals surface area contributed by atoms with Crippen molar-refractivity contribution >= 4 is 29.1 Å². The maximum Gasteiger partial charge on any atom is 0.272 e. The van der Waals surface area contributed by atoms with Crippen LogP contribution in [0.5, 0.6) is 0 Å². The van der Waals surface area contributed by atoms with E-state index >= 15 is 0 Å². The average Bonchev–Trinajstić information content (AvgIpc) is 3.05. The average molecular weight is 367 g/mol. The number of benzene rings is 1. The van der Waals surface area contributed by atoms with Gasteiger partial charge in [0.2, 0.25) is 0 Å². The van der Waals surface area contributed by atoms with Gasteiger partial charge >= 0.3 is 0 Å². The number of carbonyl (C=O) groups excluding carboxylic acids is 1. The van der Waals surface area contributed by atoms with Crippen molar-refractivity contribution in [3.8, 4) is 0 Å². The number of nitrogens with zero attached hydrogens (tertiary/aromatic N) is 2. The zero-order valence-corrected chi connectivity index (χ0v) is 14.9. The summed E-state index contributed by atoms with van der Waals surface area (Å²) in [6.45, 7) is 3.82. The quantitative estimate of drug-likeness (QED) is 0.868. The molecule has 1 aliphatic rings. The molecule has 0 aliphatic carbocycles. The molecule has 1 aromatic carbocycles. The van der Waals surface area contributed by atoms with Crippen molar-refractivity contribution in [1.29, 1.82) is 0 Å². The third-order valence-corrected chi connectivity index (χ3v) is 4.82. The summed E-state index contributed by atoms with van der Waals surface area (Å²) in [5, 5.41) is 11.8. The largest absolute Gasteiger partial charge is 0.344 e. The summed E-state index contributed by atoms with van der Waals surface area (Å²) >= 11 is 12.1. The van der Waals surface area contributed by atoms with E-state index in [9.17, 15) is 4.79 Å². The molecule has 2 aromatic rings. The van der Waals surface area contributed by atoms with Crippen molar-refractivity contribution in [2.75, 3.05) is 13.1 Å². The third kappa shape index (κ3) is 3.91. The number of piperidine rings is 1. The number of aromatic nitrogens is 2. The van der Waals surface area contributed by atoms with E-state index in [-0.39, 0.29) is 11.9 Å². The SMILES string of the molecule is CC(NC(=O)c1ccn(C2CCCNC2)n1)c1ccc(Cl)cc1Cl. The third-order valence-electron chi connectivity index (χ3n) is 4.26. The summed E-state index contributed by atoms with van der Waals surface area (Å²) in [4.78, 5) is 12.4. The molecule has 2 unspecified atom stereocenters. The van der Waals surface area contributed by atoms with Gasteiger partial charge in [0.05, 0.1) is 12.1 Å². The van der Waals surface area contributed by atoms with Crippen LogP contribution in [0.1, 0.15) is 47.9 Å². The van der Waals surface area contributed by atoms with Gasteiger partial charge in [-0.25, -0.2) is 0 Å². The van der Waals surface area contributed by atoms with E-state index in [1.54, 1.807) is 18.2 Å². The van der Waals surface area contributed by atoms with Gasteiger partial charge < -0.3 is 10.6 Å². The summed E-state index contributed by atoms with van der Waals surface area (Å²) in [5.41, 5.74) is 1.24. The molecular formula is C17H20Cl2N4O. The maximum absolute atomic E-state index is 12.4. The topological polar surface area (TPSA) is 59.0 Å². The van der Waals surface area contributed by atoms with Gasteiger partial charge in [-0.3, -0.25) is 9.48 Å². The Morgan fingerprint density at radius 2 is 2.25 bits per heavy atom. The van der Waals surface area contributed by atoms with Gasteiger partial charge in [-0.1, -0.05) is 29.3 Å². The molecule has 1 amide bonds. The van der Waals surface area contributed by atoms with Crippen LogP contribution in [0.15, 0.2) is 30.5 Å². The highest BCUT2D eigenvalue weighted by Crippen LogP contribution is 2.26. The standard InChI is InChI=1S/C17H20Cl2N4O/c1-11(14-5-4-12(18)9-15(14)19)21-17(24)16-6-8-23(22-16)13-3-2-7-20-10-13/h4-6,8-9,11,13,20H,2-3,7,10H2,1H3,(H,21,24). The van der Waals surface area contributed by atoms with Crippen LogP contribution in [0.4, 0.5) is 0 Å². The zero-order valence-electron chi connectivity index (χ0n) is 13.4. The van der Waals surface area contributed by atoms with Crippen LogP contribution in [0.3, 0.4) is 0 Å². The number of carbonyl (C=O) groups is 1. The second-order valence-electron chi connectivity index (χ2n) is 6.04. The van der Waals surface area contributed by atoms with Crippen molar-refractivity contribution in [2.45, 2.75) is 31.8 Å². The van der Waals surface area contributed by atoms with Crippen molar-refractivity contribution < 1.29 is 4.79 Å². The van der Waals surface area contributed by atoms with Crippen LogP contribution in [-0.2, 0) is 0 Å². The van der Waals surface area contributed by atoms with Crippen LogP contribution in [0.2, 0.25) is 10.0 Å². The monoisotopic (exact) mass is 366 g/mol. The second-order valence-corrected chi connectivity index (χ2v) is 6.89. The summed E-state index contributed by atoms with van der Waals surface area (Å²) in [6, 6.07) is 7.08. The normalized spacial score (nSPS) is 19.0. The molecular weight excluding hydrogens is 347 g/mol. The number of hydrogen-bond donors (Lipinski definition) is 2. The number of halogens is 2. The van der Waals surface area contributed by atoms with E-state index in [1.807, 2.05) is 23.9 Å². The first kappa shape index (κ1) is 17.3. The Labute approximate surface area is 151 Å². The second kappa shape index (κ2) is 7.55. The fourth-order valence-electron chi connectivity index (χ4n) is 2.92. The van der Waals surface area contributed by atoms with Gasteiger partial charge in [-0.2, -0.15) is 5.10 Å². The Bertz CT molecular complexity index is 725. The summed E-state index contributed by atoms with van der Waals surface area (Å²) in [7, 11) is 0. The van der Waals surface area contributed by atoms with Crippen molar-refractivity contribution in [3.63, 3.8) is 0 Å². The molecule has 128 valence electrons. The lowest BCUT2D eigenvalue weighted by Crippen LogP contribution is -2.32. The Kier molecular flexibility index (Phi) is 5.43.